The van der Waals surface area contributed by atoms with Gasteiger partial charge in [0.1, 0.15) is 5.75 Å². The Morgan fingerprint density at radius 1 is 1.50 bits per heavy atom. The van der Waals surface area contributed by atoms with Crippen molar-refractivity contribution in [3.05, 3.63) is 29.3 Å². The number of methoxy groups -OCH3 is 1. The quantitative estimate of drug-likeness (QED) is 0.749. The van der Waals surface area contributed by atoms with Crippen LogP contribution in [-0.2, 0) is 5.41 Å². The predicted molar refractivity (Wildman–Crippen MR) is 61.7 cm³/mol. The summed E-state index contributed by atoms with van der Waals surface area (Å²) in [5.74, 6) is 0.828. The molecule has 2 atom stereocenters. The van der Waals surface area contributed by atoms with Gasteiger partial charge in [-0.05, 0) is 31.0 Å². The molecule has 0 aromatic heterocycles. The SMILES string of the molecule is COc1cccc2c1C(O)CC21CCNC1. The summed E-state index contributed by atoms with van der Waals surface area (Å²) >= 11 is 0. The lowest BCUT2D eigenvalue weighted by molar-refractivity contribution is 0.155. The van der Waals surface area contributed by atoms with Gasteiger partial charge in [0.25, 0.3) is 0 Å². The molecule has 1 aliphatic heterocycles. The third-order valence-electron chi connectivity index (χ3n) is 4.02. The second-order valence-electron chi connectivity index (χ2n) is 4.85. The van der Waals surface area contributed by atoms with Gasteiger partial charge in [-0.25, -0.2) is 0 Å². The molecule has 0 bridgehead atoms. The lowest BCUT2D eigenvalue weighted by atomic mass is 9.81. The van der Waals surface area contributed by atoms with Crippen LogP contribution in [0.4, 0.5) is 0 Å². The summed E-state index contributed by atoms with van der Waals surface area (Å²) in [5, 5.41) is 13.6. The molecule has 2 N–H and O–H groups in total. The molecule has 1 saturated heterocycles. The number of hydrogen-bond acceptors (Lipinski definition) is 3. The maximum Gasteiger partial charge on any atom is 0.124 e. The Labute approximate surface area is 95.4 Å². The van der Waals surface area contributed by atoms with Crippen LogP contribution in [0.3, 0.4) is 0 Å². The number of fused-ring (bicyclic) bond motifs is 2. The van der Waals surface area contributed by atoms with E-state index in [4.69, 9.17) is 4.74 Å². The molecule has 3 rings (SSSR count). The van der Waals surface area contributed by atoms with Crippen LogP contribution in [0.1, 0.15) is 30.1 Å². The van der Waals surface area contributed by atoms with Crippen molar-refractivity contribution in [2.75, 3.05) is 20.2 Å². The van der Waals surface area contributed by atoms with Gasteiger partial charge in [0.15, 0.2) is 0 Å². The van der Waals surface area contributed by atoms with E-state index in [1.807, 2.05) is 12.1 Å². The first-order valence-corrected chi connectivity index (χ1v) is 5.83. The number of ether oxygens (including phenoxy) is 1. The van der Waals surface area contributed by atoms with E-state index in [9.17, 15) is 5.11 Å². The van der Waals surface area contributed by atoms with E-state index in [0.29, 0.717) is 0 Å². The second-order valence-corrected chi connectivity index (χ2v) is 4.85. The van der Waals surface area contributed by atoms with Crippen LogP contribution in [0.15, 0.2) is 18.2 Å². The van der Waals surface area contributed by atoms with Crippen molar-refractivity contribution in [3.63, 3.8) is 0 Å². The molecule has 3 heteroatoms. The first-order valence-electron chi connectivity index (χ1n) is 5.83. The highest BCUT2D eigenvalue weighted by Gasteiger charge is 2.46. The third-order valence-corrected chi connectivity index (χ3v) is 4.02. The van der Waals surface area contributed by atoms with Gasteiger partial charge in [0, 0.05) is 17.5 Å². The van der Waals surface area contributed by atoms with Gasteiger partial charge in [-0.15, -0.1) is 0 Å². The molecule has 0 saturated carbocycles. The predicted octanol–water partition coefficient (Wildman–Crippen LogP) is 1.36. The summed E-state index contributed by atoms with van der Waals surface area (Å²) in [4.78, 5) is 0. The number of aliphatic hydroxyl groups is 1. The number of benzene rings is 1. The normalized spacial score (nSPS) is 32.0. The van der Waals surface area contributed by atoms with E-state index in [-0.39, 0.29) is 11.5 Å². The largest absolute Gasteiger partial charge is 0.496 e. The minimum atomic E-state index is -0.369. The summed E-state index contributed by atoms with van der Waals surface area (Å²) in [5.41, 5.74) is 2.43. The van der Waals surface area contributed by atoms with Crippen LogP contribution < -0.4 is 10.1 Å². The van der Waals surface area contributed by atoms with Crippen molar-refractivity contribution in [1.82, 2.24) is 5.32 Å². The molecule has 0 radical (unpaired) electrons. The van der Waals surface area contributed by atoms with Gasteiger partial charge in [0.05, 0.1) is 13.2 Å². The van der Waals surface area contributed by atoms with Crippen LogP contribution in [0, 0.1) is 0 Å². The Balaban J connectivity index is 2.15. The standard InChI is InChI=1S/C13H17NO2/c1-16-11-4-2-3-9-12(11)10(15)7-13(9)5-6-14-8-13/h2-4,10,14-15H,5-8H2,1H3. The molecule has 1 aromatic rings. The summed E-state index contributed by atoms with van der Waals surface area (Å²) in [6.07, 6.45) is 1.57. The van der Waals surface area contributed by atoms with Crippen LogP contribution in [0.2, 0.25) is 0 Å². The highest BCUT2D eigenvalue weighted by molar-refractivity contribution is 5.50. The minimum absolute atomic E-state index is 0.142. The first-order chi connectivity index (χ1) is 7.77. The average Bonchev–Trinajstić information content (AvgIpc) is 2.87. The summed E-state index contributed by atoms with van der Waals surface area (Å²) in [7, 11) is 1.67. The molecule has 86 valence electrons. The number of hydrogen-bond donors (Lipinski definition) is 2. The van der Waals surface area contributed by atoms with Crippen molar-refractivity contribution in [2.45, 2.75) is 24.4 Å². The Hall–Kier alpha value is -1.06. The van der Waals surface area contributed by atoms with Crippen molar-refractivity contribution < 1.29 is 9.84 Å². The molecular formula is C13H17NO2. The third kappa shape index (κ3) is 1.22. The number of aliphatic hydroxyl groups excluding tert-OH is 1. The van der Waals surface area contributed by atoms with Gasteiger partial charge < -0.3 is 15.2 Å². The monoisotopic (exact) mass is 219 g/mol. The van der Waals surface area contributed by atoms with Crippen LogP contribution in [0.5, 0.6) is 5.75 Å². The van der Waals surface area contributed by atoms with Crippen LogP contribution >= 0.6 is 0 Å². The van der Waals surface area contributed by atoms with E-state index in [0.717, 1.165) is 37.2 Å². The Morgan fingerprint density at radius 2 is 2.38 bits per heavy atom. The molecule has 0 amide bonds. The fraction of sp³-hybridized carbons (Fsp3) is 0.538. The zero-order valence-electron chi connectivity index (χ0n) is 9.49. The maximum absolute atomic E-state index is 10.2. The van der Waals surface area contributed by atoms with E-state index < -0.39 is 0 Å². The lowest BCUT2D eigenvalue weighted by Crippen LogP contribution is -2.26. The summed E-state index contributed by atoms with van der Waals surface area (Å²) in [6, 6.07) is 6.10. The van der Waals surface area contributed by atoms with Crippen LogP contribution in [-0.4, -0.2) is 25.3 Å². The molecule has 3 nitrogen and oxygen atoms in total. The molecular weight excluding hydrogens is 202 g/mol. The van der Waals surface area contributed by atoms with Crippen molar-refractivity contribution >= 4 is 0 Å². The van der Waals surface area contributed by atoms with Gasteiger partial charge in [-0.3, -0.25) is 0 Å². The molecule has 1 heterocycles. The molecule has 2 unspecified atom stereocenters. The topological polar surface area (TPSA) is 41.5 Å². The molecule has 1 fully saturated rings. The zero-order chi connectivity index (χ0) is 11.2. The van der Waals surface area contributed by atoms with Crippen molar-refractivity contribution in [2.24, 2.45) is 0 Å². The van der Waals surface area contributed by atoms with E-state index in [1.165, 1.54) is 5.56 Å². The van der Waals surface area contributed by atoms with Gasteiger partial charge in [0.2, 0.25) is 0 Å². The van der Waals surface area contributed by atoms with E-state index >= 15 is 0 Å². The smallest absolute Gasteiger partial charge is 0.124 e. The van der Waals surface area contributed by atoms with E-state index in [2.05, 4.69) is 11.4 Å². The second kappa shape index (κ2) is 3.47. The van der Waals surface area contributed by atoms with Gasteiger partial charge in [-0.1, -0.05) is 12.1 Å². The van der Waals surface area contributed by atoms with Crippen molar-refractivity contribution in [1.29, 1.82) is 0 Å². The van der Waals surface area contributed by atoms with Crippen molar-refractivity contribution in [3.8, 4) is 5.75 Å². The minimum Gasteiger partial charge on any atom is -0.496 e. The number of rotatable bonds is 1. The maximum atomic E-state index is 10.2. The fourth-order valence-corrected chi connectivity index (χ4v) is 3.26. The Bertz CT molecular complexity index is 410. The highest BCUT2D eigenvalue weighted by atomic mass is 16.5. The highest BCUT2D eigenvalue weighted by Crippen LogP contribution is 2.51. The van der Waals surface area contributed by atoms with Gasteiger partial charge in [-0.2, -0.15) is 0 Å². The molecule has 1 aromatic carbocycles. The number of nitrogens with one attached hydrogen (secondary N) is 1. The Morgan fingerprint density at radius 3 is 3.06 bits per heavy atom. The zero-order valence-corrected chi connectivity index (χ0v) is 9.49. The van der Waals surface area contributed by atoms with Crippen LogP contribution in [0.25, 0.3) is 0 Å². The summed E-state index contributed by atoms with van der Waals surface area (Å²) in [6.45, 7) is 2.02. The Kier molecular flexibility index (Phi) is 2.19. The first kappa shape index (κ1) is 10.1. The van der Waals surface area contributed by atoms with Gasteiger partial charge >= 0.3 is 0 Å². The van der Waals surface area contributed by atoms with E-state index in [1.54, 1.807) is 7.11 Å². The molecule has 1 spiro atoms. The summed E-state index contributed by atoms with van der Waals surface area (Å²) < 4.78 is 5.35. The average molecular weight is 219 g/mol. The molecule has 2 aliphatic rings. The molecule has 1 aliphatic carbocycles. The fourth-order valence-electron chi connectivity index (χ4n) is 3.26. The molecule has 16 heavy (non-hydrogen) atoms. The lowest BCUT2D eigenvalue weighted by Gasteiger charge is -2.23.